The zero-order valence-corrected chi connectivity index (χ0v) is 29.6. The van der Waals surface area contributed by atoms with Crippen LogP contribution in [0, 0.1) is 17.9 Å². The van der Waals surface area contributed by atoms with E-state index in [2.05, 4.69) is 139 Å². The second-order valence-corrected chi connectivity index (χ2v) is 12.3. The van der Waals surface area contributed by atoms with Crippen molar-refractivity contribution >= 4 is 21.5 Å². The first-order valence-electron chi connectivity index (χ1n) is 16.0. The molecule has 1 radical (unpaired) electrons. The van der Waals surface area contributed by atoms with Crippen molar-refractivity contribution in [3.05, 3.63) is 193 Å². The summed E-state index contributed by atoms with van der Waals surface area (Å²) in [4.78, 5) is 9.11. The normalized spacial score (nSPS) is 11.0. The summed E-state index contributed by atoms with van der Waals surface area (Å²) in [5.41, 5.74) is 8.21. The summed E-state index contributed by atoms with van der Waals surface area (Å²) < 4.78 is 13.0. The standard InChI is InChI=1S/C25H16N.C20H17FN.Ir/c1-2-6-18(7-3-1)21-14-15-26-25(17-21)22-13-12-20-11-10-19-8-4-5-9-23(19)24(20)16-22;1-20(2,16-6-4-3-5-7-16)17-10-13-19(22-14-17)15-8-11-18(21)12-9-15;/h1-12,14-17H;3-8,10-14H,1-2H3;/q2*-1;. The molecule has 49 heavy (non-hydrogen) atoms. The Morgan fingerprint density at radius 3 is 1.98 bits per heavy atom. The van der Waals surface area contributed by atoms with Gasteiger partial charge in [0.1, 0.15) is 0 Å². The van der Waals surface area contributed by atoms with Crippen molar-refractivity contribution in [3.8, 4) is 33.6 Å². The van der Waals surface area contributed by atoms with Crippen LogP contribution in [0.4, 0.5) is 4.39 Å². The van der Waals surface area contributed by atoms with Crippen molar-refractivity contribution < 1.29 is 24.5 Å². The molecule has 8 rings (SSSR count). The molecule has 0 atom stereocenters. The average molecular weight is 813 g/mol. The van der Waals surface area contributed by atoms with Crippen LogP contribution >= 0.6 is 0 Å². The molecule has 0 saturated heterocycles. The molecular weight excluding hydrogens is 780 g/mol. The molecule has 8 aromatic rings. The first kappa shape index (κ1) is 33.6. The molecule has 0 amide bonds. The van der Waals surface area contributed by atoms with Crippen LogP contribution < -0.4 is 0 Å². The van der Waals surface area contributed by atoms with Gasteiger partial charge in [0.05, 0.1) is 0 Å². The van der Waals surface area contributed by atoms with Crippen LogP contribution in [0.5, 0.6) is 0 Å². The molecule has 0 aliphatic rings. The van der Waals surface area contributed by atoms with Crippen molar-refractivity contribution in [1.82, 2.24) is 9.97 Å². The molecule has 0 bridgehead atoms. The van der Waals surface area contributed by atoms with Gasteiger partial charge in [-0.1, -0.05) is 140 Å². The predicted octanol–water partition coefficient (Wildman–Crippen LogP) is 11.5. The van der Waals surface area contributed by atoms with Crippen LogP contribution in [-0.2, 0) is 25.5 Å². The molecule has 0 fully saturated rings. The summed E-state index contributed by atoms with van der Waals surface area (Å²) in [6.45, 7) is 4.37. The number of rotatable bonds is 5. The molecular formula is C45H33FIrN2-2. The minimum atomic E-state index is -0.286. The minimum Gasteiger partial charge on any atom is -0.305 e. The number of aromatic nitrogens is 2. The van der Waals surface area contributed by atoms with Gasteiger partial charge in [0.25, 0.3) is 0 Å². The van der Waals surface area contributed by atoms with E-state index in [0.29, 0.717) is 0 Å². The molecule has 2 nitrogen and oxygen atoms in total. The molecule has 6 aromatic carbocycles. The van der Waals surface area contributed by atoms with Gasteiger partial charge in [-0.3, -0.25) is 4.39 Å². The first-order valence-corrected chi connectivity index (χ1v) is 16.0. The summed E-state index contributed by atoms with van der Waals surface area (Å²) in [6.07, 6.45) is 3.76. The number of hydrogen-bond donors (Lipinski definition) is 0. The summed E-state index contributed by atoms with van der Waals surface area (Å²) >= 11 is 0. The third-order valence-corrected chi connectivity index (χ3v) is 8.85. The molecule has 241 valence electrons. The Labute approximate surface area is 300 Å². The average Bonchev–Trinajstić information content (AvgIpc) is 3.16. The summed E-state index contributed by atoms with van der Waals surface area (Å²) in [7, 11) is 0. The summed E-state index contributed by atoms with van der Waals surface area (Å²) in [5.74, 6) is -0.286. The smallest absolute Gasteiger partial charge is 0.0379 e. The molecule has 0 saturated carbocycles. The maximum absolute atomic E-state index is 13.0. The number of fused-ring (bicyclic) bond motifs is 3. The first-order chi connectivity index (χ1) is 23.5. The Kier molecular flexibility index (Phi) is 10.2. The SMILES string of the molecule is CC(C)(c1ccccc1)c1ccc(-c2[c-]cc(F)cc2)nc1.[Ir].[c-]1cc2ccc3ccccc3c2cc1-c1cc(-c2ccccc2)ccn1. The molecule has 0 aliphatic heterocycles. The number of pyridine rings is 2. The summed E-state index contributed by atoms with van der Waals surface area (Å²) in [6, 6.07) is 56.8. The van der Waals surface area contributed by atoms with Crippen LogP contribution in [0.1, 0.15) is 25.0 Å². The number of benzene rings is 6. The molecule has 0 spiro atoms. The molecule has 0 aliphatic carbocycles. The number of halogens is 1. The van der Waals surface area contributed by atoms with Gasteiger partial charge in [0.15, 0.2) is 0 Å². The van der Waals surface area contributed by atoms with Crippen molar-refractivity contribution in [1.29, 1.82) is 0 Å². The quantitative estimate of drug-likeness (QED) is 0.128. The van der Waals surface area contributed by atoms with Crippen molar-refractivity contribution in [2.45, 2.75) is 19.3 Å². The Bertz CT molecular complexity index is 2300. The molecule has 0 unspecified atom stereocenters. The van der Waals surface area contributed by atoms with Crippen molar-refractivity contribution in [2.24, 2.45) is 0 Å². The second kappa shape index (κ2) is 14.9. The van der Waals surface area contributed by atoms with Crippen LogP contribution in [0.25, 0.3) is 55.2 Å². The van der Waals surface area contributed by atoms with E-state index in [1.54, 1.807) is 6.07 Å². The molecule has 2 aromatic heterocycles. The third kappa shape index (κ3) is 7.42. The Morgan fingerprint density at radius 1 is 0.531 bits per heavy atom. The minimum absolute atomic E-state index is 0. The van der Waals surface area contributed by atoms with Crippen LogP contribution in [0.15, 0.2) is 164 Å². The molecule has 2 heterocycles. The Hall–Kier alpha value is -5.28. The monoisotopic (exact) mass is 813 g/mol. The third-order valence-electron chi connectivity index (χ3n) is 8.85. The maximum Gasteiger partial charge on any atom is 0.0379 e. The van der Waals surface area contributed by atoms with Gasteiger partial charge in [0.2, 0.25) is 0 Å². The fourth-order valence-electron chi connectivity index (χ4n) is 5.99. The fourth-order valence-corrected chi connectivity index (χ4v) is 5.99. The van der Waals surface area contributed by atoms with Gasteiger partial charge in [0, 0.05) is 43.7 Å². The van der Waals surface area contributed by atoms with E-state index in [9.17, 15) is 4.39 Å². The van der Waals surface area contributed by atoms with Crippen molar-refractivity contribution in [2.75, 3.05) is 0 Å². The van der Waals surface area contributed by atoms with E-state index in [0.717, 1.165) is 28.1 Å². The van der Waals surface area contributed by atoms with E-state index < -0.39 is 0 Å². The van der Waals surface area contributed by atoms with E-state index in [4.69, 9.17) is 0 Å². The van der Waals surface area contributed by atoms with E-state index in [1.807, 2.05) is 42.7 Å². The van der Waals surface area contributed by atoms with Gasteiger partial charge < -0.3 is 9.97 Å². The molecule has 0 N–H and O–H groups in total. The zero-order valence-electron chi connectivity index (χ0n) is 27.2. The van der Waals surface area contributed by atoms with Gasteiger partial charge in [-0.25, -0.2) is 0 Å². The number of hydrogen-bond acceptors (Lipinski definition) is 2. The second-order valence-electron chi connectivity index (χ2n) is 12.3. The Balaban J connectivity index is 0.000000169. The van der Waals surface area contributed by atoms with E-state index >= 15 is 0 Å². The predicted molar refractivity (Wildman–Crippen MR) is 196 cm³/mol. The summed E-state index contributed by atoms with van der Waals surface area (Å²) in [5, 5.41) is 4.96. The van der Waals surface area contributed by atoms with E-state index in [1.165, 1.54) is 50.4 Å². The van der Waals surface area contributed by atoms with Crippen molar-refractivity contribution in [3.63, 3.8) is 0 Å². The number of nitrogens with zero attached hydrogens (tertiary/aromatic N) is 2. The largest absolute Gasteiger partial charge is 0.305 e. The van der Waals surface area contributed by atoms with Gasteiger partial charge in [-0.05, 0) is 50.5 Å². The van der Waals surface area contributed by atoms with Crippen LogP contribution in [-0.4, -0.2) is 9.97 Å². The van der Waals surface area contributed by atoms with E-state index in [-0.39, 0.29) is 31.3 Å². The van der Waals surface area contributed by atoms with Gasteiger partial charge in [-0.15, -0.1) is 53.6 Å². The Morgan fingerprint density at radius 2 is 1.24 bits per heavy atom. The fraction of sp³-hybridized carbons (Fsp3) is 0.0667. The zero-order chi connectivity index (χ0) is 32.9. The maximum atomic E-state index is 13.0. The molecule has 4 heteroatoms. The van der Waals surface area contributed by atoms with Crippen LogP contribution in [0.3, 0.4) is 0 Å². The van der Waals surface area contributed by atoms with Crippen LogP contribution in [0.2, 0.25) is 0 Å². The topological polar surface area (TPSA) is 25.8 Å². The van der Waals surface area contributed by atoms with Gasteiger partial charge >= 0.3 is 0 Å². The van der Waals surface area contributed by atoms with Gasteiger partial charge in [-0.2, -0.15) is 0 Å².